The van der Waals surface area contributed by atoms with E-state index < -0.39 is 0 Å². The van der Waals surface area contributed by atoms with Crippen LogP contribution in [0.25, 0.3) is 16.2 Å². The Hall–Kier alpha value is -2.32. The first kappa shape index (κ1) is 22.5. The van der Waals surface area contributed by atoms with Crippen molar-refractivity contribution in [3.63, 3.8) is 0 Å². The SMILES string of the molecule is CCN1CCN(c2nn3c(NC4CCCCC4)c(-c4ccc(OC(C)C)cc4)nc3s2)CC1. The van der Waals surface area contributed by atoms with E-state index in [1.807, 2.05) is 12.1 Å². The van der Waals surface area contributed by atoms with Gasteiger partial charge in [0.1, 0.15) is 11.4 Å². The molecule has 0 spiro atoms. The van der Waals surface area contributed by atoms with Crippen molar-refractivity contribution in [2.45, 2.75) is 65.0 Å². The molecule has 7 nitrogen and oxygen atoms in total. The molecule has 0 unspecified atom stereocenters. The van der Waals surface area contributed by atoms with Crippen LogP contribution in [0.1, 0.15) is 52.9 Å². The summed E-state index contributed by atoms with van der Waals surface area (Å²) in [4.78, 5) is 10.9. The minimum Gasteiger partial charge on any atom is -0.491 e. The molecule has 178 valence electrons. The summed E-state index contributed by atoms with van der Waals surface area (Å²) in [5, 5.41) is 9.96. The van der Waals surface area contributed by atoms with Crippen molar-refractivity contribution >= 4 is 27.2 Å². The van der Waals surface area contributed by atoms with Gasteiger partial charge in [-0.2, -0.15) is 4.52 Å². The van der Waals surface area contributed by atoms with Gasteiger partial charge in [0, 0.05) is 37.8 Å². The van der Waals surface area contributed by atoms with Gasteiger partial charge < -0.3 is 19.9 Å². The molecule has 0 radical (unpaired) electrons. The van der Waals surface area contributed by atoms with Crippen molar-refractivity contribution in [3.05, 3.63) is 24.3 Å². The van der Waals surface area contributed by atoms with Gasteiger partial charge in [0.25, 0.3) is 0 Å². The zero-order valence-corrected chi connectivity index (χ0v) is 20.9. The molecule has 1 saturated carbocycles. The fourth-order valence-electron chi connectivity index (χ4n) is 4.86. The van der Waals surface area contributed by atoms with Crippen LogP contribution in [0.15, 0.2) is 24.3 Å². The Morgan fingerprint density at radius 3 is 2.45 bits per heavy atom. The lowest BCUT2D eigenvalue weighted by Crippen LogP contribution is -2.46. The summed E-state index contributed by atoms with van der Waals surface area (Å²) in [7, 11) is 0. The second-order valence-corrected chi connectivity index (χ2v) is 10.4. The van der Waals surface area contributed by atoms with E-state index in [1.54, 1.807) is 11.3 Å². The molecule has 1 saturated heterocycles. The van der Waals surface area contributed by atoms with Crippen LogP contribution in [-0.2, 0) is 0 Å². The Labute approximate surface area is 200 Å². The summed E-state index contributed by atoms with van der Waals surface area (Å²) >= 11 is 1.70. The van der Waals surface area contributed by atoms with Gasteiger partial charge in [-0.3, -0.25) is 0 Å². The number of nitrogens with one attached hydrogen (secondary N) is 1. The molecule has 5 rings (SSSR count). The van der Waals surface area contributed by atoms with Crippen LogP contribution in [0.2, 0.25) is 0 Å². The average molecular weight is 469 g/mol. The third kappa shape index (κ3) is 4.96. The highest BCUT2D eigenvalue weighted by Gasteiger charge is 2.25. The number of aromatic nitrogens is 3. The average Bonchev–Trinajstić information content (AvgIpc) is 3.39. The van der Waals surface area contributed by atoms with Gasteiger partial charge in [-0.15, -0.1) is 5.10 Å². The quantitative estimate of drug-likeness (QED) is 0.519. The molecule has 2 aromatic heterocycles. The maximum atomic E-state index is 5.84. The molecule has 3 aromatic rings. The van der Waals surface area contributed by atoms with Crippen LogP contribution in [0, 0.1) is 0 Å². The molecule has 1 aliphatic carbocycles. The molecule has 1 N–H and O–H groups in total. The minimum atomic E-state index is 0.166. The molecule has 8 heteroatoms. The van der Waals surface area contributed by atoms with Crippen molar-refractivity contribution < 1.29 is 4.74 Å². The van der Waals surface area contributed by atoms with E-state index >= 15 is 0 Å². The lowest BCUT2D eigenvalue weighted by Gasteiger charge is -2.33. The fraction of sp³-hybridized carbons (Fsp3) is 0.600. The van der Waals surface area contributed by atoms with E-state index in [9.17, 15) is 0 Å². The molecule has 3 heterocycles. The Morgan fingerprint density at radius 1 is 1.06 bits per heavy atom. The van der Waals surface area contributed by atoms with Gasteiger partial charge >= 0.3 is 0 Å². The molecule has 2 aliphatic rings. The Bertz CT molecular complexity index is 1040. The highest BCUT2D eigenvalue weighted by Crippen LogP contribution is 2.36. The zero-order chi connectivity index (χ0) is 22.8. The number of hydrogen-bond acceptors (Lipinski definition) is 7. The van der Waals surface area contributed by atoms with Crippen molar-refractivity contribution in [3.8, 4) is 17.0 Å². The fourth-order valence-corrected chi connectivity index (χ4v) is 5.81. The Balaban J connectivity index is 1.46. The van der Waals surface area contributed by atoms with Gasteiger partial charge in [0.05, 0.1) is 6.10 Å². The summed E-state index contributed by atoms with van der Waals surface area (Å²) in [5.74, 6) is 1.92. The maximum absolute atomic E-state index is 5.84. The molecule has 1 aliphatic heterocycles. The Morgan fingerprint density at radius 2 is 1.79 bits per heavy atom. The second-order valence-electron chi connectivity index (χ2n) is 9.48. The van der Waals surface area contributed by atoms with Gasteiger partial charge in [-0.05, 0) is 57.5 Å². The number of nitrogens with zero attached hydrogens (tertiary/aromatic N) is 5. The van der Waals surface area contributed by atoms with E-state index in [0.717, 1.165) is 65.6 Å². The van der Waals surface area contributed by atoms with Crippen molar-refractivity contribution in [2.75, 3.05) is 42.9 Å². The van der Waals surface area contributed by atoms with Crippen LogP contribution < -0.4 is 15.0 Å². The van der Waals surface area contributed by atoms with Crippen molar-refractivity contribution in [2.24, 2.45) is 0 Å². The lowest BCUT2D eigenvalue weighted by molar-refractivity contribution is 0.242. The third-order valence-corrected chi connectivity index (χ3v) is 7.70. The summed E-state index contributed by atoms with van der Waals surface area (Å²) < 4.78 is 7.89. The Kier molecular flexibility index (Phi) is 6.74. The predicted octanol–water partition coefficient (Wildman–Crippen LogP) is 5.13. The minimum absolute atomic E-state index is 0.166. The largest absolute Gasteiger partial charge is 0.491 e. The summed E-state index contributed by atoms with van der Waals surface area (Å²) in [6.07, 6.45) is 6.52. The molecule has 0 atom stereocenters. The number of fused-ring (bicyclic) bond motifs is 1. The first-order valence-electron chi connectivity index (χ1n) is 12.5. The maximum Gasteiger partial charge on any atom is 0.216 e. The molecule has 0 bridgehead atoms. The number of likely N-dealkylation sites (N-methyl/N-ethyl adjacent to an activating group) is 1. The van der Waals surface area contributed by atoms with E-state index in [0.29, 0.717) is 6.04 Å². The summed E-state index contributed by atoms with van der Waals surface area (Å²) in [6.45, 7) is 11.7. The van der Waals surface area contributed by atoms with E-state index in [2.05, 4.69) is 52.5 Å². The number of ether oxygens (including phenoxy) is 1. The van der Waals surface area contributed by atoms with Gasteiger partial charge in [-0.25, -0.2) is 4.98 Å². The first-order valence-corrected chi connectivity index (χ1v) is 13.3. The third-order valence-electron chi connectivity index (χ3n) is 6.73. The molecule has 33 heavy (non-hydrogen) atoms. The van der Waals surface area contributed by atoms with Gasteiger partial charge in [0.2, 0.25) is 10.1 Å². The zero-order valence-electron chi connectivity index (χ0n) is 20.1. The first-order chi connectivity index (χ1) is 16.1. The monoisotopic (exact) mass is 468 g/mol. The molecule has 0 amide bonds. The van der Waals surface area contributed by atoms with Crippen LogP contribution in [0.5, 0.6) is 5.75 Å². The van der Waals surface area contributed by atoms with Crippen LogP contribution in [0.4, 0.5) is 10.9 Å². The lowest BCUT2D eigenvalue weighted by atomic mass is 9.95. The predicted molar refractivity (Wildman–Crippen MR) is 137 cm³/mol. The van der Waals surface area contributed by atoms with Crippen LogP contribution >= 0.6 is 11.3 Å². The van der Waals surface area contributed by atoms with Crippen LogP contribution in [0.3, 0.4) is 0 Å². The standard InChI is InChI=1S/C25H36N6OS/c1-4-29-14-16-30(17-15-29)25-28-31-23(26-20-8-6-5-7-9-20)22(27-24(31)33-25)19-10-12-21(13-11-19)32-18(2)3/h10-13,18,20,26H,4-9,14-17H2,1-3H3. The van der Waals surface area contributed by atoms with Crippen LogP contribution in [-0.4, -0.2) is 64.4 Å². The number of anilines is 2. The van der Waals surface area contributed by atoms with E-state index in [4.69, 9.17) is 14.8 Å². The highest BCUT2D eigenvalue weighted by atomic mass is 32.1. The number of benzene rings is 1. The number of piperazine rings is 1. The van der Waals surface area contributed by atoms with Gasteiger partial charge in [0.15, 0.2) is 5.82 Å². The van der Waals surface area contributed by atoms with Gasteiger partial charge in [-0.1, -0.05) is 37.5 Å². The number of hydrogen-bond donors (Lipinski definition) is 1. The molecular formula is C25H36N6OS. The smallest absolute Gasteiger partial charge is 0.216 e. The summed E-state index contributed by atoms with van der Waals surface area (Å²) in [5.41, 5.74) is 2.08. The molecule has 1 aromatic carbocycles. The number of rotatable bonds is 7. The summed E-state index contributed by atoms with van der Waals surface area (Å²) in [6, 6.07) is 8.79. The molecular weight excluding hydrogens is 432 g/mol. The normalized spacial score (nSPS) is 18.4. The highest BCUT2D eigenvalue weighted by molar-refractivity contribution is 7.20. The van der Waals surface area contributed by atoms with E-state index in [-0.39, 0.29) is 6.10 Å². The second kappa shape index (κ2) is 9.89. The van der Waals surface area contributed by atoms with Crippen molar-refractivity contribution in [1.29, 1.82) is 0 Å². The van der Waals surface area contributed by atoms with Crippen molar-refractivity contribution in [1.82, 2.24) is 19.5 Å². The molecule has 2 fully saturated rings. The number of imidazole rings is 1. The van der Waals surface area contributed by atoms with E-state index in [1.165, 1.54) is 32.1 Å². The topological polar surface area (TPSA) is 57.9 Å².